The van der Waals surface area contributed by atoms with Gasteiger partial charge in [-0.15, -0.1) is 0 Å². The number of hydrogen-bond acceptors (Lipinski definition) is 4. The van der Waals surface area contributed by atoms with Crippen LogP contribution in [0.4, 0.5) is 0 Å². The number of carbonyl (C=O) groups excluding carboxylic acids is 2. The molecule has 7 heteroatoms. The van der Waals surface area contributed by atoms with E-state index in [0.29, 0.717) is 0 Å². The summed E-state index contributed by atoms with van der Waals surface area (Å²) in [6.07, 6.45) is 5.36. The zero-order valence-electron chi connectivity index (χ0n) is 16.0. The van der Waals surface area contributed by atoms with Crippen LogP contribution in [0.2, 0.25) is 5.82 Å². The highest BCUT2D eigenvalue weighted by Gasteiger charge is 2.35. The Kier molecular flexibility index (Phi) is 5.59. The molecule has 3 rings (SSSR count). The molecule has 1 aromatic carbocycles. The molecule has 0 bridgehead atoms. The fourth-order valence-corrected chi connectivity index (χ4v) is 3.86. The van der Waals surface area contributed by atoms with Crippen LogP contribution in [0.1, 0.15) is 22.0 Å². The number of rotatable bonds is 7. The molecule has 140 valence electrons. The van der Waals surface area contributed by atoms with Crippen LogP contribution in [0.5, 0.6) is 0 Å². The monoisotopic (exact) mass is 366 g/mol. The molecule has 27 heavy (non-hydrogen) atoms. The lowest BCUT2D eigenvalue weighted by molar-refractivity contribution is -0.653. The number of ether oxygens (including phenoxy) is 1. The summed E-state index contributed by atoms with van der Waals surface area (Å²) in [6, 6.07) is 12.7. The minimum Gasteiger partial charge on any atom is -0.471 e. The maximum absolute atomic E-state index is 13.3. The van der Waals surface area contributed by atoms with Crippen LogP contribution in [0.3, 0.4) is 0 Å². The van der Waals surface area contributed by atoms with Crippen LogP contribution in [-0.2, 0) is 23.6 Å². The second-order valence-electron chi connectivity index (χ2n) is 6.90. The van der Waals surface area contributed by atoms with Gasteiger partial charge in [-0.25, -0.2) is 0 Å². The number of furan rings is 1. The summed E-state index contributed by atoms with van der Waals surface area (Å²) in [6.45, 7) is 0. The van der Waals surface area contributed by atoms with Gasteiger partial charge in [0.25, 0.3) is 5.97 Å². The van der Waals surface area contributed by atoms with Gasteiger partial charge in [0.05, 0.1) is 33.2 Å². The first kappa shape index (κ1) is 18.7. The number of imidazole rings is 1. The Morgan fingerprint density at radius 3 is 2.48 bits per heavy atom. The molecule has 0 amide bonds. The predicted molar refractivity (Wildman–Crippen MR) is 103 cm³/mol. The van der Waals surface area contributed by atoms with Crippen molar-refractivity contribution in [3.8, 4) is 0 Å². The van der Waals surface area contributed by atoms with Crippen molar-refractivity contribution >= 4 is 24.8 Å². The highest BCUT2D eigenvalue weighted by Crippen LogP contribution is 2.33. The molecule has 3 aromatic rings. The Labute approximate surface area is 158 Å². The number of carbonyl (C=O) groups is 2. The number of aryl methyl sites for hydroxylation is 2. The molecule has 0 radical (unpaired) electrons. The Balaban J connectivity index is 2.07. The van der Waals surface area contributed by atoms with Gasteiger partial charge in [0.2, 0.25) is 5.78 Å². The highest BCUT2D eigenvalue weighted by molar-refractivity contribution is 6.57. The van der Waals surface area contributed by atoms with Gasteiger partial charge >= 0.3 is 0 Å². The molecule has 0 saturated carbocycles. The summed E-state index contributed by atoms with van der Waals surface area (Å²) in [5.41, 5.74) is 1.83. The van der Waals surface area contributed by atoms with Crippen molar-refractivity contribution in [2.45, 2.75) is 11.7 Å². The molecule has 0 N–H and O–H groups in total. The van der Waals surface area contributed by atoms with Crippen LogP contribution >= 0.6 is 0 Å². The number of aromatic nitrogens is 2. The third-order valence-corrected chi connectivity index (χ3v) is 5.38. The number of benzene rings is 1. The van der Waals surface area contributed by atoms with Gasteiger partial charge in [-0.2, -0.15) is 0 Å². The zero-order chi connectivity index (χ0) is 19.4. The largest absolute Gasteiger partial charge is 0.471 e. The van der Waals surface area contributed by atoms with Crippen LogP contribution < -0.4 is 10.3 Å². The van der Waals surface area contributed by atoms with Crippen LogP contribution in [0, 0.1) is 0 Å². The van der Waals surface area contributed by atoms with Gasteiger partial charge in [-0.1, -0.05) is 30.3 Å². The Bertz CT molecular complexity index is 899. The summed E-state index contributed by atoms with van der Waals surface area (Å²) in [5.74, 6) is -1.54. The molecule has 0 fully saturated rings. The fourth-order valence-electron chi connectivity index (χ4n) is 3.86. The van der Waals surface area contributed by atoms with Crippen molar-refractivity contribution in [1.82, 2.24) is 4.57 Å². The van der Waals surface area contributed by atoms with Gasteiger partial charge in [0.1, 0.15) is 19.7 Å². The summed E-state index contributed by atoms with van der Waals surface area (Å²) in [5, 5.41) is 0. The molecule has 6 nitrogen and oxygen atoms in total. The van der Waals surface area contributed by atoms with E-state index in [1.54, 1.807) is 12.1 Å². The SMILES string of the molecule is COC(=O)[C@@H]([BH2-]c1n(C)cc[n+]1C)[C@@H](C(=O)c1ccco1)c1ccccc1. The van der Waals surface area contributed by atoms with Crippen molar-refractivity contribution in [1.29, 1.82) is 0 Å². The predicted octanol–water partition coefficient (Wildman–Crippen LogP) is 0.865. The van der Waals surface area contributed by atoms with E-state index >= 15 is 0 Å². The molecule has 0 aliphatic carbocycles. The molecule has 2 atom stereocenters. The maximum Gasteiger partial charge on any atom is 0.274 e. The first-order valence-corrected chi connectivity index (χ1v) is 9.04. The molecule has 2 heterocycles. The molecule has 0 spiro atoms. The van der Waals surface area contributed by atoms with Crippen molar-refractivity contribution in [2.24, 2.45) is 14.1 Å². The van der Waals surface area contributed by atoms with Crippen LogP contribution in [0.15, 0.2) is 65.5 Å². The minimum atomic E-state index is -1.05. The van der Waals surface area contributed by atoms with Crippen LogP contribution in [0.25, 0.3) is 0 Å². The molecule has 0 aliphatic heterocycles. The Morgan fingerprint density at radius 1 is 1.19 bits per heavy atom. The van der Waals surface area contributed by atoms with E-state index in [2.05, 4.69) is 0 Å². The number of hydrogen-bond donors (Lipinski definition) is 0. The first-order valence-electron chi connectivity index (χ1n) is 9.04. The van der Waals surface area contributed by atoms with E-state index < -0.39 is 19.0 Å². The van der Waals surface area contributed by atoms with Gasteiger partial charge in [-0.05, 0) is 23.5 Å². The van der Waals surface area contributed by atoms with Crippen molar-refractivity contribution in [2.75, 3.05) is 7.11 Å². The van der Waals surface area contributed by atoms with E-state index in [-0.39, 0.29) is 17.5 Å². The van der Waals surface area contributed by atoms with E-state index in [4.69, 9.17) is 9.15 Å². The topological polar surface area (TPSA) is 65.3 Å². The zero-order valence-corrected chi connectivity index (χ0v) is 16.0. The lowest BCUT2D eigenvalue weighted by Crippen LogP contribution is -2.52. The summed E-state index contributed by atoms with van der Waals surface area (Å²) >= 11 is 0. The quantitative estimate of drug-likeness (QED) is 0.269. The number of nitrogens with zero attached hydrogens (tertiary/aromatic N) is 2. The molecular formula is C20H23BN2O4. The maximum atomic E-state index is 13.3. The van der Waals surface area contributed by atoms with Gasteiger partial charge in [-0.3, -0.25) is 18.7 Å². The molecule has 0 aliphatic rings. The molecule has 0 saturated heterocycles. The van der Waals surface area contributed by atoms with Crippen LogP contribution in [-0.4, -0.2) is 30.7 Å². The smallest absolute Gasteiger partial charge is 0.274 e. The lowest BCUT2D eigenvalue weighted by atomic mass is 9.56. The van der Waals surface area contributed by atoms with E-state index in [1.165, 1.54) is 13.4 Å². The average Bonchev–Trinajstić information content (AvgIpc) is 3.33. The number of Topliss-reactive ketones (excluding diaryl/α,β-unsaturated/α-hetero) is 1. The normalized spacial score (nSPS) is 13.1. The van der Waals surface area contributed by atoms with Crippen molar-refractivity contribution in [3.05, 3.63) is 72.4 Å². The van der Waals surface area contributed by atoms with Gasteiger partial charge in [0, 0.05) is 5.92 Å². The standard InChI is InChI=1S/C20H23BN2O4/c1-22-11-12-23(2)20(22)21-17(19(25)26-3)16(14-8-5-4-6-9-14)18(24)15-10-7-13-27-15/h4-13,16-17H,21H2,1-3H3/t16-,17-/m0/s1. The first-order chi connectivity index (χ1) is 13.0. The third kappa shape index (κ3) is 3.87. The molecule has 2 aromatic heterocycles. The second kappa shape index (κ2) is 8.08. The fraction of sp³-hybridized carbons (Fsp3) is 0.250. The summed E-state index contributed by atoms with van der Waals surface area (Å²) in [4.78, 5) is 26.0. The van der Waals surface area contributed by atoms with Gasteiger partial charge in [0.15, 0.2) is 5.76 Å². The average molecular weight is 366 g/mol. The summed E-state index contributed by atoms with van der Waals surface area (Å²) < 4.78 is 14.4. The summed E-state index contributed by atoms with van der Waals surface area (Å²) in [7, 11) is 4.21. The number of ketones is 1. The van der Waals surface area contributed by atoms with Crippen molar-refractivity contribution < 1.29 is 23.3 Å². The van der Waals surface area contributed by atoms with E-state index in [0.717, 1.165) is 11.3 Å². The minimum absolute atomic E-state index is 0.206. The number of methoxy groups -OCH3 is 1. The van der Waals surface area contributed by atoms with E-state index in [9.17, 15) is 9.59 Å². The Morgan fingerprint density at radius 2 is 1.93 bits per heavy atom. The molecule has 0 unspecified atom stereocenters. The number of esters is 1. The van der Waals surface area contributed by atoms with Crippen molar-refractivity contribution in [3.63, 3.8) is 0 Å². The second-order valence-corrected chi connectivity index (χ2v) is 6.90. The highest BCUT2D eigenvalue weighted by atomic mass is 16.5. The molecular weight excluding hydrogens is 343 g/mol. The Hall–Kier alpha value is -3.09. The van der Waals surface area contributed by atoms with E-state index in [1.807, 2.05) is 66.0 Å². The lowest BCUT2D eigenvalue weighted by Gasteiger charge is -2.27. The third-order valence-electron chi connectivity index (χ3n) is 5.38. The van der Waals surface area contributed by atoms with Gasteiger partial charge < -0.3 is 9.15 Å².